The van der Waals surface area contributed by atoms with Gasteiger partial charge in [-0.1, -0.05) is 5.57 Å². The molecule has 0 bridgehead atoms. The molecule has 132 valence electrons. The number of phenolic OH excluding ortho intramolecular Hbond substituents is 1. The number of carbonyl (C=O) groups is 1. The fourth-order valence-electron chi connectivity index (χ4n) is 2.68. The molecule has 24 heavy (non-hydrogen) atoms. The Labute approximate surface area is 142 Å². The Bertz CT molecular complexity index is 644. The van der Waals surface area contributed by atoms with Crippen LogP contribution in [0.1, 0.15) is 31.4 Å². The number of esters is 1. The number of allylic oxidation sites excluding steroid dienone is 1. The van der Waals surface area contributed by atoms with Crippen molar-refractivity contribution in [2.75, 3.05) is 27.4 Å². The molecule has 0 spiro atoms. The zero-order chi connectivity index (χ0) is 17.7. The first-order chi connectivity index (χ1) is 11.5. The molecule has 1 aliphatic heterocycles. The van der Waals surface area contributed by atoms with E-state index in [9.17, 15) is 9.90 Å². The first-order valence-electron chi connectivity index (χ1n) is 7.90. The standard InChI is InChI=1S/C18H24O6/c1-11(2)7-9-23-14(19)6-5-12-15(20)18(22-4)17-13(8-10-24-17)16(12)21-3/h7,20H,5-6,8-10H2,1-4H3. The lowest BCUT2D eigenvalue weighted by Gasteiger charge is -2.17. The molecule has 0 saturated heterocycles. The average Bonchev–Trinajstić information content (AvgIpc) is 3.01. The number of ether oxygens (including phenoxy) is 4. The van der Waals surface area contributed by atoms with Crippen molar-refractivity contribution in [2.24, 2.45) is 0 Å². The quantitative estimate of drug-likeness (QED) is 0.610. The van der Waals surface area contributed by atoms with Crippen molar-refractivity contribution >= 4 is 5.97 Å². The van der Waals surface area contributed by atoms with Crippen LogP contribution in [0.4, 0.5) is 0 Å². The number of fused-ring (bicyclic) bond motifs is 1. The molecule has 0 saturated carbocycles. The maximum absolute atomic E-state index is 11.9. The number of carbonyl (C=O) groups excluding carboxylic acids is 1. The summed E-state index contributed by atoms with van der Waals surface area (Å²) in [4.78, 5) is 11.9. The normalized spacial score (nSPS) is 12.2. The van der Waals surface area contributed by atoms with Crippen molar-refractivity contribution in [3.63, 3.8) is 0 Å². The summed E-state index contributed by atoms with van der Waals surface area (Å²) in [5, 5.41) is 10.5. The molecular formula is C18H24O6. The zero-order valence-corrected chi connectivity index (χ0v) is 14.6. The minimum Gasteiger partial charge on any atom is -0.504 e. The van der Waals surface area contributed by atoms with Gasteiger partial charge in [0.25, 0.3) is 0 Å². The fraction of sp³-hybridized carbons (Fsp3) is 0.500. The van der Waals surface area contributed by atoms with Crippen LogP contribution in [0.5, 0.6) is 23.0 Å². The Morgan fingerprint density at radius 3 is 2.58 bits per heavy atom. The van der Waals surface area contributed by atoms with Crippen LogP contribution in [-0.2, 0) is 22.4 Å². The van der Waals surface area contributed by atoms with Crippen molar-refractivity contribution in [1.29, 1.82) is 0 Å². The second-order valence-electron chi connectivity index (χ2n) is 5.76. The molecule has 1 aromatic rings. The minimum absolute atomic E-state index is 0.0490. The van der Waals surface area contributed by atoms with E-state index in [1.807, 2.05) is 19.9 Å². The topological polar surface area (TPSA) is 74.2 Å². The van der Waals surface area contributed by atoms with E-state index in [2.05, 4.69) is 0 Å². The summed E-state index contributed by atoms with van der Waals surface area (Å²) in [6.07, 6.45) is 2.95. The Hall–Kier alpha value is -2.37. The minimum atomic E-state index is -0.329. The van der Waals surface area contributed by atoms with Crippen LogP contribution in [0.2, 0.25) is 0 Å². The number of phenols is 1. The van der Waals surface area contributed by atoms with Crippen LogP contribution in [0.25, 0.3) is 0 Å². The van der Waals surface area contributed by atoms with E-state index in [0.29, 0.717) is 36.5 Å². The molecule has 0 unspecified atom stereocenters. The molecule has 0 atom stereocenters. The van der Waals surface area contributed by atoms with Crippen LogP contribution in [0.15, 0.2) is 11.6 Å². The van der Waals surface area contributed by atoms with E-state index in [0.717, 1.165) is 11.1 Å². The summed E-state index contributed by atoms with van der Waals surface area (Å²) in [7, 11) is 3.01. The van der Waals surface area contributed by atoms with Gasteiger partial charge in [-0.05, 0) is 26.3 Å². The summed E-state index contributed by atoms with van der Waals surface area (Å²) in [5.41, 5.74) is 2.49. The Morgan fingerprint density at radius 1 is 1.25 bits per heavy atom. The molecule has 0 amide bonds. The smallest absolute Gasteiger partial charge is 0.306 e. The average molecular weight is 336 g/mol. The van der Waals surface area contributed by atoms with Gasteiger partial charge in [0.2, 0.25) is 5.75 Å². The van der Waals surface area contributed by atoms with E-state index >= 15 is 0 Å². The SMILES string of the molecule is COc1c(CCC(=O)OCC=C(C)C)c(O)c(OC)c2c1CCO2. The fourth-order valence-corrected chi connectivity index (χ4v) is 2.68. The number of benzene rings is 1. The molecule has 6 heteroatoms. The predicted octanol–water partition coefficient (Wildman–Crippen LogP) is 2.79. The van der Waals surface area contributed by atoms with Gasteiger partial charge in [-0.2, -0.15) is 0 Å². The van der Waals surface area contributed by atoms with E-state index < -0.39 is 0 Å². The molecule has 1 aliphatic rings. The second kappa shape index (κ2) is 7.95. The predicted molar refractivity (Wildman–Crippen MR) is 89.1 cm³/mol. The molecule has 6 nitrogen and oxygen atoms in total. The summed E-state index contributed by atoms with van der Waals surface area (Å²) < 4.78 is 21.4. The Morgan fingerprint density at radius 2 is 1.96 bits per heavy atom. The van der Waals surface area contributed by atoms with Crippen molar-refractivity contribution in [3.8, 4) is 23.0 Å². The molecule has 0 aliphatic carbocycles. The summed E-state index contributed by atoms with van der Waals surface area (Å²) in [6.45, 7) is 4.65. The summed E-state index contributed by atoms with van der Waals surface area (Å²) >= 11 is 0. The third-order valence-corrected chi connectivity index (χ3v) is 3.85. The molecule has 0 radical (unpaired) electrons. The molecular weight excluding hydrogens is 312 g/mol. The third-order valence-electron chi connectivity index (χ3n) is 3.85. The van der Waals surface area contributed by atoms with E-state index in [4.69, 9.17) is 18.9 Å². The van der Waals surface area contributed by atoms with Gasteiger partial charge in [-0.15, -0.1) is 0 Å². The highest BCUT2D eigenvalue weighted by molar-refractivity contribution is 5.72. The van der Waals surface area contributed by atoms with Gasteiger partial charge < -0.3 is 24.1 Å². The molecule has 0 fully saturated rings. The molecule has 1 N–H and O–H groups in total. The largest absolute Gasteiger partial charge is 0.504 e. The van der Waals surface area contributed by atoms with Crippen molar-refractivity contribution in [3.05, 3.63) is 22.8 Å². The maximum atomic E-state index is 11.9. The maximum Gasteiger partial charge on any atom is 0.306 e. The number of hydrogen-bond acceptors (Lipinski definition) is 6. The zero-order valence-electron chi connectivity index (χ0n) is 14.6. The van der Waals surface area contributed by atoms with E-state index in [1.165, 1.54) is 14.2 Å². The van der Waals surface area contributed by atoms with Gasteiger partial charge in [0, 0.05) is 24.0 Å². The number of methoxy groups -OCH3 is 2. The monoisotopic (exact) mass is 336 g/mol. The Kier molecular flexibility index (Phi) is 5.95. The van der Waals surface area contributed by atoms with Gasteiger partial charge in [0.05, 0.1) is 20.8 Å². The van der Waals surface area contributed by atoms with Crippen molar-refractivity contribution in [1.82, 2.24) is 0 Å². The van der Waals surface area contributed by atoms with E-state index in [-0.39, 0.29) is 30.5 Å². The number of rotatable bonds is 7. The van der Waals surface area contributed by atoms with Crippen LogP contribution >= 0.6 is 0 Å². The van der Waals surface area contributed by atoms with Crippen LogP contribution in [-0.4, -0.2) is 38.5 Å². The molecule has 0 aromatic heterocycles. The van der Waals surface area contributed by atoms with Crippen molar-refractivity contribution in [2.45, 2.75) is 33.1 Å². The van der Waals surface area contributed by atoms with Gasteiger partial charge in [-0.25, -0.2) is 0 Å². The van der Waals surface area contributed by atoms with Gasteiger partial charge >= 0.3 is 5.97 Å². The molecule has 2 rings (SSSR count). The van der Waals surface area contributed by atoms with Gasteiger partial charge in [0.15, 0.2) is 11.5 Å². The lowest BCUT2D eigenvalue weighted by atomic mass is 10.0. The van der Waals surface area contributed by atoms with Crippen LogP contribution in [0, 0.1) is 0 Å². The molecule has 1 aromatic carbocycles. The Balaban J connectivity index is 2.18. The summed E-state index contributed by atoms with van der Waals surface area (Å²) in [6, 6.07) is 0. The first-order valence-corrected chi connectivity index (χ1v) is 7.90. The van der Waals surface area contributed by atoms with Crippen molar-refractivity contribution < 1.29 is 28.8 Å². The van der Waals surface area contributed by atoms with Gasteiger partial charge in [0.1, 0.15) is 12.4 Å². The van der Waals surface area contributed by atoms with E-state index in [1.54, 1.807) is 0 Å². The number of aromatic hydroxyl groups is 1. The number of hydrogen-bond donors (Lipinski definition) is 1. The lowest BCUT2D eigenvalue weighted by Crippen LogP contribution is -2.07. The highest BCUT2D eigenvalue weighted by atomic mass is 16.5. The lowest BCUT2D eigenvalue weighted by molar-refractivity contribution is -0.142. The third kappa shape index (κ3) is 3.75. The highest BCUT2D eigenvalue weighted by Crippen LogP contribution is 2.50. The van der Waals surface area contributed by atoms with Crippen LogP contribution < -0.4 is 14.2 Å². The summed E-state index contributed by atoms with van der Waals surface area (Å²) in [5.74, 6) is 0.979. The second-order valence-corrected chi connectivity index (χ2v) is 5.76. The first kappa shape index (κ1) is 18.0. The highest BCUT2D eigenvalue weighted by Gasteiger charge is 2.29. The van der Waals surface area contributed by atoms with Crippen LogP contribution in [0.3, 0.4) is 0 Å². The molecule has 1 heterocycles. The van der Waals surface area contributed by atoms with Gasteiger partial charge in [-0.3, -0.25) is 4.79 Å².